The molecule has 2 heterocycles. The number of anilines is 1. The van der Waals surface area contributed by atoms with E-state index in [-0.39, 0.29) is 19.0 Å². The lowest BCUT2D eigenvalue weighted by Gasteiger charge is -2.33. The second kappa shape index (κ2) is 4.92. The fourth-order valence-electron chi connectivity index (χ4n) is 1.85. The second-order valence-corrected chi connectivity index (χ2v) is 3.86. The second-order valence-electron chi connectivity index (χ2n) is 3.86. The molecule has 1 aliphatic heterocycles. The molecule has 2 rings (SSSR count). The topological polar surface area (TPSA) is 73.7 Å². The first-order valence-electron chi connectivity index (χ1n) is 5.31. The Labute approximate surface area is 98.5 Å². The largest absolute Gasteiger partial charge is 0.480 e. The lowest BCUT2D eigenvalue weighted by atomic mass is 10.2. The van der Waals surface area contributed by atoms with Crippen LogP contribution in [0.1, 0.15) is 0 Å². The number of aromatic nitrogens is 1. The summed E-state index contributed by atoms with van der Waals surface area (Å²) in [5, 5.41) is 8.66. The average Bonchev–Trinajstić information content (AvgIpc) is 2.29. The van der Waals surface area contributed by atoms with Crippen LogP contribution in [0.3, 0.4) is 0 Å². The van der Waals surface area contributed by atoms with Crippen LogP contribution in [0.25, 0.3) is 0 Å². The highest BCUT2D eigenvalue weighted by molar-refractivity contribution is 5.95. The van der Waals surface area contributed by atoms with Gasteiger partial charge in [-0.1, -0.05) is 0 Å². The number of piperazine rings is 1. The van der Waals surface area contributed by atoms with Crippen LogP contribution >= 0.6 is 0 Å². The minimum absolute atomic E-state index is 0.0799. The molecule has 0 spiro atoms. The molecule has 6 nitrogen and oxygen atoms in total. The molecule has 1 amide bonds. The smallest absolute Gasteiger partial charge is 0.317 e. The SMILES string of the molecule is O=C(O)CN1CCN(c2ccncc2)C(=O)C1. The van der Waals surface area contributed by atoms with Gasteiger partial charge in [0.15, 0.2) is 0 Å². The molecule has 0 saturated carbocycles. The van der Waals surface area contributed by atoms with Gasteiger partial charge in [-0.3, -0.25) is 19.5 Å². The Morgan fingerprint density at radius 3 is 2.65 bits per heavy atom. The van der Waals surface area contributed by atoms with Gasteiger partial charge in [0.1, 0.15) is 0 Å². The van der Waals surface area contributed by atoms with Crippen molar-refractivity contribution in [2.75, 3.05) is 31.1 Å². The summed E-state index contributed by atoms with van der Waals surface area (Å²) in [5.74, 6) is -0.987. The zero-order chi connectivity index (χ0) is 12.3. The van der Waals surface area contributed by atoms with Gasteiger partial charge in [0.05, 0.1) is 13.1 Å². The summed E-state index contributed by atoms with van der Waals surface area (Å²) in [6.45, 7) is 1.14. The van der Waals surface area contributed by atoms with Crippen molar-refractivity contribution in [2.45, 2.75) is 0 Å². The Morgan fingerprint density at radius 2 is 2.06 bits per heavy atom. The number of pyridine rings is 1. The van der Waals surface area contributed by atoms with E-state index in [1.165, 1.54) is 0 Å². The average molecular weight is 235 g/mol. The number of rotatable bonds is 3. The molecule has 1 fully saturated rings. The highest BCUT2D eigenvalue weighted by atomic mass is 16.4. The maximum Gasteiger partial charge on any atom is 0.317 e. The minimum atomic E-state index is -0.907. The van der Waals surface area contributed by atoms with Gasteiger partial charge >= 0.3 is 5.97 Å². The quantitative estimate of drug-likeness (QED) is 0.786. The van der Waals surface area contributed by atoms with Gasteiger partial charge in [-0.25, -0.2) is 0 Å². The van der Waals surface area contributed by atoms with Gasteiger partial charge in [0.2, 0.25) is 5.91 Å². The number of carboxylic acid groups (broad SMARTS) is 1. The molecule has 17 heavy (non-hydrogen) atoms. The normalized spacial score (nSPS) is 17.2. The molecule has 0 aromatic carbocycles. The van der Waals surface area contributed by atoms with E-state index in [2.05, 4.69) is 4.98 Å². The number of carbonyl (C=O) groups is 2. The first-order chi connectivity index (χ1) is 8.16. The third kappa shape index (κ3) is 2.79. The number of carbonyl (C=O) groups excluding carboxylic acids is 1. The first-order valence-corrected chi connectivity index (χ1v) is 5.31. The minimum Gasteiger partial charge on any atom is -0.480 e. The van der Waals surface area contributed by atoms with Crippen LogP contribution in [-0.2, 0) is 9.59 Å². The Kier molecular flexibility index (Phi) is 3.34. The van der Waals surface area contributed by atoms with E-state index in [0.717, 1.165) is 5.69 Å². The Morgan fingerprint density at radius 1 is 1.35 bits per heavy atom. The van der Waals surface area contributed by atoms with E-state index in [1.807, 2.05) is 0 Å². The predicted octanol–water partition coefficient (Wildman–Crippen LogP) is -0.185. The molecule has 1 aromatic heterocycles. The lowest BCUT2D eigenvalue weighted by molar-refractivity contribution is -0.138. The van der Waals surface area contributed by atoms with Crippen molar-refractivity contribution in [3.63, 3.8) is 0 Å². The Hall–Kier alpha value is -1.95. The molecule has 1 aromatic rings. The van der Waals surface area contributed by atoms with Crippen LogP contribution in [0.4, 0.5) is 5.69 Å². The molecule has 0 aliphatic carbocycles. The molecule has 0 radical (unpaired) electrons. The summed E-state index contributed by atoms with van der Waals surface area (Å²) < 4.78 is 0. The van der Waals surface area contributed by atoms with E-state index < -0.39 is 5.97 Å². The van der Waals surface area contributed by atoms with Crippen LogP contribution in [-0.4, -0.2) is 53.0 Å². The molecular weight excluding hydrogens is 222 g/mol. The van der Waals surface area contributed by atoms with Gasteiger partial charge in [0.25, 0.3) is 0 Å². The third-order valence-corrected chi connectivity index (χ3v) is 2.63. The van der Waals surface area contributed by atoms with Gasteiger partial charge in [-0.05, 0) is 12.1 Å². The van der Waals surface area contributed by atoms with Crippen LogP contribution in [0.5, 0.6) is 0 Å². The maximum absolute atomic E-state index is 11.9. The predicted molar refractivity (Wildman–Crippen MR) is 60.7 cm³/mol. The Balaban J connectivity index is 2.02. The third-order valence-electron chi connectivity index (χ3n) is 2.63. The fourth-order valence-corrected chi connectivity index (χ4v) is 1.85. The summed E-state index contributed by atoms with van der Waals surface area (Å²) in [6, 6.07) is 3.54. The number of carboxylic acids is 1. The molecule has 6 heteroatoms. The number of aliphatic carboxylic acids is 1. The van der Waals surface area contributed by atoms with Crippen molar-refractivity contribution in [2.24, 2.45) is 0 Å². The number of hydrogen-bond donors (Lipinski definition) is 1. The highest BCUT2D eigenvalue weighted by Crippen LogP contribution is 2.15. The monoisotopic (exact) mass is 235 g/mol. The molecule has 0 unspecified atom stereocenters. The molecule has 0 bridgehead atoms. The van der Waals surface area contributed by atoms with Crippen LogP contribution in [0, 0.1) is 0 Å². The van der Waals surface area contributed by atoms with Crippen LogP contribution in [0.15, 0.2) is 24.5 Å². The molecule has 1 N–H and O–H groups in total. The zero-order valence-electron chi connectivity index (χ0n) is 9.24. The molecule has 90 valence electrons. The van der Waals surface area contributed by atoms with E-state index in [0.29, 0.717) is 13.1 Å². The van der Waals surface area contributed by atoms with Crippen molar-refractivity contribution in [1.82, 2.24) is 9.88 Å². The van der Waals surface area contributed by atoms with Crippen molar-refractivity contribution in [3.8, 4) is 0 Å². The summed E-state index contributed by atoms with van der Waals surface area (Å²) in [4.78, 5) is 29.6. The fraction of sp³-hybridized carbons (Fsp3) is 0.364. The summed E-state index contributed by atoms with van der Waals surface area (Å²) >= 11 is 0. The van der Waals surface area contributed by atoms with E-state index in [1.54, 1.807) is 34.3 Å². The summed E-state index contributed by atoms with van der Waals surface area (Å²) in [5.41, 5.74) is 0.806. The molecular formula is C11H13N3O3. The number of amides is 1. The Bertz CT molecular complexity index is 421. The van der Waals surface area contributed by atoms with E-state index in [9.17, 15) is 9.59 Å². The van der Waals surface area contributed by atoms with E-state index in [4.69, 9.17) is 5.11 Å². The van der Waals surface area contributed by atoms with Crippen LogP contribution in [0.2, 0.25) is 0 Å². The zero-order valence-corrected chi connectivity index (χ0v) is 9.24. The summed E-state index contributed by atoms with van der Waals surface area (Å²) in [7, 11) is 0. The molecule has 0 atom stereocenters. The maximum atomic E-state index is 11.9. The van der Waals surface area contributed by atoms with Crippen molar-refractivity contribution < 1.29 is 14.7 Å². The summed E-state index contributed by atoms with van der Waals surface area (Å²) in [6.07, 6.45) is 3.26. The van der Waals surface area contributed by atoms with Gasteiger partial charge in [-0.2, -0.15) is 0 Å². The van der Waals surface area contributed by atoms with Gasteiger partial charge in [-0.15, -0.1) is 0 Å². The highest BCUT2D eigenvalue weighted by Gasteiger charge is 2.25. The number of hydrogen-bond acceptors (Lipinski definition) is 4. The van der Waals surface area contributed by atoms with Crippen molar-refractivity contribution in [3.05, 3.63) is 24.5 Å². The standard InChI is InChI=1S/C11H13N3O3/c15-10-7-13(8-11(16)17)5-6-14(10)9-1-3-12-4-2-9/h1-4H,5-8H2,(H,16,17). The van der Waals surface area contributed by atoms with Crippen LogP contribution < -0.4 is 4.90 Å². The van der Waals surface area contributed by atoms with Gasteiger partial charge < -0.3 is 10.0 Å². The van der Waals surface area contributed by atoms with Gasteiger partial charge in [0, 0.05) is 31.2 Å². The molecule has 1 saturated heterocycles. The van der Waals surface area contributed by atoms with E-state index >= 15 is 0 Å². The molecule has 1 aliphatic rings. The number of nitrogens with zero attached hydrogens (tertiary/aromatic N) is 3. The van der Waals surface area contributed by atoms with Crippen molar-refractivity contribution in [1.29, 1.82) is 0 Å². The lowest BCUT2D eigenvalue weighted by Crippen LogP contribution is -2.51. The first kappa shape index (κ1) is 11.5. The van der Waals surface area contributed by atoms with Crippen molar-refractivity contribution >= 4 is 17.6 Å².